The first-order valence-corrected chi connectivity index (χ1v) is 11.2. The molecule has 0 aliphatic rings. The van der Waals surface area contributed by atoms with E-state index in [2.05, 4.69) is 16.9 Å². The summed E-state index contributed by atoms with van der Waals surface area (Å²) in [7, 11) is 0. The van der Waals surface area contributed by atoms with Gasteiger partial charge in [-0.2, -0.15) is 0 Å². The van der Waals surface area contributed by atoms with Gasteiger partial charge in [-0.05, 0) is 36.2 Å². The third-order valence-corrected chi connectivity index (χ3v) is 6.21. The van der Waals surface area contributed by atoms with Crippen molar-refractivity contribution in [1.82, 2.24) is 14.5 Å². The molecule has 6 nitrogen and oxygen atoms in total. The minimum Gasteiger partial charge on any atom is -0.293 e. The first-order valence-electron chi connectivity index (χ1n) is 9.55. The number of hydrogen-bond donors (Lipinski definition) is 0. The highest BCUT2D eigenvalue weighted by atomic mass is 35.5. The van der Waals surface area contributed by atoms with E-state index in [1.165, 1.54) is 34.7 Å². The Morgan fingerprint density at radius 3 is 2.61 bits per heavy atom. The molecule has 0 radical (unpaired) electrons. The SMILES string of the molecule is CCc1ccc(N(C(C)=O)c2nc(Cn3cnc4c(Cl)cc(Cl)cc4c3=O)cs2)cc1. The highest BCUT2D eigenvalue weighted by molar-refractivity contribution is 7.14. The van der Waals surface area contributed by atoms with Crippen LogP contribution in [0.3, 0.4) is 0 Å². The highest BCUT2D eigenvalue weighted by Crippen LogP contribution is 2.29. The fraction of sp³-hybridized carbons (Fsp3) is 0.182. The fourth-order valence-electron chi connectivity index (χ4n) is 3.26. The second-order valence-corrected chi connectivity index (χ2v) is 8.64. The molecular weight excluding hydrogens is 455 g/mol. The van der Waals surface area contributed by atoms with Crippen molar-refractivity contribution in [2.75, 3.05) is 4.90 Å². The Labute approximate surface area is 192 Å². The van der Waals surface area contributed by atoms with Gasteiger partial charge < -0.3 is 0 Å². The van der Waals surface area contributed by atoms with Crippen LogP contribution in [0.25, 0.3) is 10.9 Å². The number of rotatable bonds is 5. The number of nitrogens with zero attached hydrogens (tertiary/aromatic N) is 4. The van der Waals surface area contributed by atoms with Gasteiger partial charge in [0.2, 0.25) is 5.91 Å². The minimum absolute atomic E-state index is 0.140. The third-order valence-electron chi connectivity index (χ3n) is 4.83. The zero-order valence-corrected chi connectivity index (χ0v) is 19.1. The zero-order valence-electron chi connectivity index (χ0n) is 16.8. The molecule has 0 atom stereocenters. The second-order valence-electron chi connectivity index (χ2n) is 6.96. The van der Waals surface area contributed by atoms with E-state index in [-0.39, 0.29) is 18.0 Å². The summed E-state index contributed by atoms with van der Waals surface area (Å²) in [5.74, 6) is -0.140. The molecule has 4 rings (SSSR count). The number of benzene rings is 2. The van der Waals surface area contributed by atoms with Crippen LogP contribution in [0, 0.1) is 0 Å². The van der Waals surface area contributed by atoms with Crippen LogP contribution in [0.15, 0.2) is 52.9 Å². The molecule has 2 heterocycles. The normalized spacial score (nSPS) is 11.1. The molecule has 0 saturated carbocycles. The average molecular weight is 473 g/mol. The van der Waals surface area contributed by atoms with E-state index < -0.39 is 0 Å². The topological polar surface area (TPSA) is 68.1 Å². The number of aryl methyl sites for hydroxylation is 1. The lowest BCUT2D eigenvalue weighted by Crippen LogP contribution is -2.23. The molecule has 4 aromatic rings. The lowest BCUT2D eigenvalue weighted by atomic mass is 10.1. The summed E-state index contributed by atoms with van der Waals surface area (Å²) >= 11 is 13.5. The minimum atomic E-state index is -0.262. The summed E-state index contributed by atoms with van der Waals surface area (Å²) in [4.78, 5) is 35.7. The average Bonchev–Trinajstić information content (AvgIpc) is 3.18. The Bertz CT molecular complexity index is 1330. The van der Waals surface area contributed by atoms with Gasteiger partial charge in [0, 0.05) is 17.3 Å². The third kappa shape index (κ3) is 4.35. The summed E-state index contributed by atoms with van der Waals surface area (Å²) in [6, 6.07) is 10.9. The van der Waals surface area contributed by atoms with Crippen LogP contribution < -0.4 is 10.5 Å². The smallest absolute Gasteiger partial charge is 0.261 e. The molecule has 1 amide bonds. The molecule has 9 heteroatoms. The van der Waals surface area contributed by atoms with Crippen molar-refractivity contribution in [1.29, 1.82) is 0 Å². The Morgan fingerprint density at radius 2 is 1.94 bits per heavy atom. The maximum atomic E-state index is 12.9. The summed E-state index contributed by atoms with van der Waals surface area (Å²) in [6.45, 7) is 3.79. The molecule has 0 aliphatic carbocycles. The fourth-order valence-corrected chi connectivity index (χ4v) is 4.68. The van der Waals surface area contributed by atoms with E-state index >= 15 is 0 Å². The lowest BCUT2D eigenvalue weighted by molar-refractivity contribution is -0.115. The summed E-state index contributed by atoms with van der Waals surface area (Å²) in [6.07, 6.45) is 2.36. The molecule has 0 saturated heterocycles. The van der Waals surface area contributed by atoms with Gasteiger partial charge >= 0.3 is 0 Å². The molecular formula is C22H18Cl2N4O2S. The van der Waals surface area contributed by atoms with Crippen molar-refractivity contribution in [3.8, 4) is 0 Å². The summed E-state index contributed by atoms with van der Waals surface area (Å²) < 4.78 is 1.45. The summed E-state index contributed by atoms with van der Waals surface area (Å²) in [5, 5.41) is 3.41. The van der Waals surface area contributed by atoms with Gasteiger partial charge in [0.05, 0.1) is 40.2 Å². The second kappa shape index (κ2) is 8.78. The van der Waals surface area contributed by atoms with Crippen molar-refractivity contribution < 1.29 is 4.79 Å². The number of anilines is 2. The molecule has 0 bridgehead atoms. The molecule has 0 N–H and O–H groups in total. The van der Waals surface area contributed by atoms with Crippen molar-refractivity contribution in [2.45, 2.75) is 26.8 Å². The maximum Gasteiger partial charge on any atom is 0.261 e. The highest BCUT2D eigenvalue weighted by Gasteiger charge is 2.18. The summed E-state index contributed by atoms with van der Waals surface area (Å²) in [5.41, 5.74) is 2.73. The van der Waals surface area contributed by atoms with Crippen LogP contribution in [-0.2, 0) is 17.8 Å². The molecule has 0 unspecified atom stereocenters. The number of fused-ring (bicyclic) bond motifs is 1. The number of hydrogen-bond acceptors (Lipinski definition) is 5. The molecule has 0 spiro atoms. The van der Waals surface area contributed by atoms with Crippen LogP contribution >= 0.6 is 34.5 Å². The number of carbonyl (C=O) groups is 1. The van der Waals surface area contributed by atoms with Gasteiger partial charge in [0.25, 0.3) is 5.56 Å². The van der Waals surface area contributed by atoms with Crippen molar-refractivity contribution in [2.24, 2.45) is 0 Å². The number of thiazole rings is 1. The van der Waals surface area contributed by atoms with Gasteiger partial charge in [-0.1, -0.05) is 42.3 Å². The van der Waals surface area contributed by atoms with E-state index in [0.717, 1.165) is 12.1 Å². The Hall–Kier alpha value is -2.74. The Kier molecular flexibility index (Phi) is 6.09. The number of amides is 1. The van der Waals surface area contributed by atoms with E-state index in [0.29, 0.717) is 31.8 Å². The van der Waals surface area contributed by atoms with Crippen LogP contribution in [0.4, 0.5) is 10.8 Å². The first kappa shape index (κ1) is 21.5. The molecule has 31 heavy (non-hydrogen) atoms. The largest absolute Gasteiger partial charge is 0.293 e. The van der Waals surface area contributed by atoms with E-state index in [1.54, 1.807) is 17.0 Å². The number of carbonyl (C=O) groups excluding carboxylic acids is 1. The van der Waals surface area contributed by atoms with Gasteiger partial charge in [-0.3, -0.25) is 19.1 Å². The van der Waals surface area contributed by atoms with Crippen molar-refractivity contribution >= 4 is 62.2 Å². The van der Waals surface area contributed by atoms with Gasteiger partial charge in [-0.15, -0.1) is 11.3 Å². The van der Waals surface area contributed by atoms with E-state index in [4.69, 9.17) is 23.2 Å². The van der Waals surface area contributed by atoms with Crippen LogP contribution in [0.5, 0.6) is 0 Å². The van der Waals surface area contributed by atoms with Crippen LogP contribution in [0.2, 0.25) is 10.0 Å². The molecule has 0 fully saturated rings. The molecule has 0 aliphatic heterocycles. The number of aromatic nitrogens is 3. The van der Waals surface area contributed by atoms with Crippen molar-refractivity contribution in [3.05, 3.63) is 79.8 Å². The monoisotopic (exact) mass is 472 g/mol. The van der Waals surface area contributed by atoms with Crippen LogP contribution in [0.1, 0.15) is 25.1 Å². The van der Waals surface area contributed by atoms with Gasteiger partial charge in [0.1, 0.15) is 0 Å². The Balaban J connectivity index is 1.66. The molecule has 2 aromatic heterocycles. The number of halogens is 2. The van der Waals surface area contributed by atoms with Gasteiger partial charge in [0.15, 0.2) is 5.13 Å². The lowest BCUT2D eigenvalue weighted by Gasteiger charge is -2.18. The standard InChI is InChI=1S/C22H18Cl2N4O2S/c1-3-14-4-6-17(7-5-14)28(13(2)29)22-26-16(11-31-22)10-27-12-25-20-18(21(27)30)8-15(23)9-19(20)24/h4-9,11-12H,3,10H2,1-2H3. The predicted molar refractivity (Wildman–Crippen MR) is 126 cm³/mol. The predicted octanol–water partition coefficient (Wildman–Crippen LogP) is 5.46. The zero-order chi connectivity index (χ0) is 22.1. The Morgan fingerprint density at radius 1 is 1.19 bits per heavy atom. The van der Waals surface area contributed by atoms with Crippen molar-refractivity contribution in [3.63, 3.8) is 0 Å². The van der Waals surface area contributed by atoms with E-state index in [1.807, 2.05) is 29.6 Å². The maximum absolute atomic E-state index is 12.9. The molecule has 158 valence electrons. The quantitative estimate of drug-likeness (QED) is 0.386. The first-order chi connectivity index (χ1) is 14.9. The van der Waals surface area contributed by atoms with E-state index in [9.17, 15) is 9.59 Å². The molecule has 2 aromatic carbocycles. The van der Waals surface area contributed by atoms with Gasteiger partial charge in [-0.25, -0.2) is 9.97 Å². The van der Waals surface area contributed by atoms with Crippen LogP contribution in [-0.4, -0.2) is 20.4 Å².